The zero-order chi connectivity index (χ0) is 14.2. The maximum Gasteiger partial charge on any atom is 0.420 e. The Morgan fingerprint density at radius 3 is 2.50 bits per heavy atom. The molecule has 3 rings (SSSR count). The van der Waals surface area contributed by atoms with Crippen molar-refractivity contribution >= 4 is 22.5 Å². The molecule has 20 heavy (non-hydrogen) atoms. The van der Waals surface area contributed by atoms with Crippen LogP contribution in [0.3, 0.4) is 0 Å². The van der Waals surface area contributed by atoms with Crippen molar-refractivity contribution in [3.05, 3.63) is 48.3 Å². The van der Waals surface area contributed by atoms with Gasteiger partial charge in [-0.3, -0.25) is 4.98 Å². The highest BCUT2D eigenvalue weighted by molar-refractivity contribution is 5.92. The Balaban J connectivity index is 2.07. The van der Waals surface area contributed by atoms with Crippen molar-refractivity contribution in [3.63, 3.8) is 0 Å². The van der Waals surface area contributed by atoms with Crippen molar-refractivity contribution in [3.8, 4) is 0 Å². The van der Waals surface area contributed by atoms with E-state index >= 15 is 0 Å². The van der Waals surface area contributed by atoms with Crippen molar-refractivity contribution in [2.45, 2.75) is 6.18 Å². The van der Waals surface area contributed by atoms with E-state index in [0.29, 0.717) is 5.69 Å². The number of anilines is 2. The monoisotopic (exact) mass is 279 g/mol. The summed E-state index contributed by atoms with van der Waals surface area (Å²) in [4.78, 5) is 3.85. The quantitative estimate of drug-likeness (QED) is 0.770. The van der Waals surface area contributed by atoms with Crippen LogP contribution in [0.5, 0.6) is 0 Å². The molecule has 0 atom stereocenters. The number of benzene rings is 1. The summed E-state index contributed by atoms with van der Waals surface area (Å²) < 4.78 is 43.3. The minimum Gasteiger partial charge on any atom is -0.353 e. The Labute approximate surface area is 111 Å². The number of rotatable bonds is 2. The zero-order valence-corrected chi connectivity index (χ0v) is 9.98. The van der Waals surface area contributed by atoms with Gasteiger partial charge >= 0.3 is 6.18 Å². The fourth-order valence-electron chi connectivity index (χ4n) is 1.85. The summed E-state index contributed by atoms with van der Waals surface area (Å²) >= 11 is 0. The van der Waals surface area contributed by atoms with Gasteiger partial charge in [0.2, 0.25) is 0 Å². The number of nitrogens with zero attached hydrogens (tertiary/aromatic N) is 2. The van der Waals surface area contributed by atoms with E-state index in [4.69, 9.17) is 4.52 Å². The van der Waals surface area contributed by atoms with Crippen LogP contribution in [-0.2, 0) is 6.18 Å². The van der Waals surface area contributed by atoms with Crippen LogP contribution in [0.4, 0.5) is 24.7 Å². The largest absolute Gasteiger partial charge is 0.420 e. The summed E-state index contributed by atoms with van der Waals surface area (Å²) in [6, 6.07) is 7.15. The lowest BCUT2D eigenvalue weighted by Gasteiger charge is -2.06. The number of hydrogen-bond acceptors (Lipinski definition) is 4. The third-order valence-corrected chi connectivity index (χ3v) is 2.75. The number of hydrogen-bond donors (Lipinski definition) is 1. The maximum atomic E-state index is 12.8. The first-order valence-electron chi connectivity index (χ1n) is 5.68. The Hall–Kier alpha value is -2.57. The average molecular weight is 279 g/mol. The molecule has 1 N–H and O–H groups in total. The third kappa shape index (κ3) is 2.18. The van der Waals surface area contributed by atoms with E-state index in [1.54, 1.807) is 24.5 Å². The minimum atomic E-state index is -4.48. The molecule has 2 aromatic heterocycles. The van der Waals surface area contributed by atoms with E-state index in [1.807, 2.05) is 0 Å². The number of aromatic nitrogens is 2. The number of halogens is 3. The van der Waals surface area contributed by atoms with Crippen LogP contribution in [0.1, 0.15) is 5.56 Å². The summed E-state index contributed by atoms with van der Waals surface area (Å²) in [5.41, 5.74) is -0.463. The number of nitrogens with one attached hydrogen (secondary N) is 1. The highest BCUT2D eigenvalue weighted by Crippen LogP contribution is 2.37. The van der Waals surface area contributed by atoms with Crippen molar-refractivity contribution in [1.29, 1.82) is 0 Å². The lowest BCUT2D eigenvalue weighted by Crippen LogP contribution is -2.04. The van der Waals surface area contributed by atoms with Crippen LogP contribution >= 0.6 is 0 Å². The van der Waals surface area contributed by atoms with Gasteiger partial charge in [-0.1, -0.05) is 11.2 Å². The van der Waals surface area contributed by atoms with Crippen LogP contribution in [-0.4, -0.2) is 10.1 Å². The van der Waals surface area contributed by atoms with Crippen molar-refractivity contribution in [2.24, 2.45) is 0 Å². The van der Waals surface area contributed by atoms with Gasteiger partial charge < -0.3 is 9.84 Å². The van der Waals surface area contributed by atoms with Crippen LogP contribution < -0.4 is 5.32 Å². The van der Waals surface area contributed by atoms with Gasteiger partial charge in [0, 0.05) is 18.1 Å². The fourth-order valence-corrected chi connectivity index (χ4v) is 1.85. The van der Waals surface area contributed by atoms with Crippen LogP contribution in [0.2, 0.25) is 0 Å². The fraction of sp³-hybridized carbons (Fsp3) is 0.0769. The lowest BCUT2D eigenvalue weighted by atomic mass is 10.1. The molecular weight excluding hydrogens is 271 g/mol. The van der Waals surface area contributed by atoms with Gasteiger partial charge in [0.05, 0.1) is 5.39 Å². The molecular formula is C13H8F3N3O. The number of para-hydroxylation sites is 1. The number of fused-ring (bicyclic) bond motifs is 1. The van der Waals surface area contributed by atoms with Gasteiger partial charge in [-0.05, 0) is 24.3 Å². The molecule has 0 amide bonds. The molecule has 4 nitrogen and oxygen atoms in total. The van der Waals surface area contributed by atoms with Crippen molar-refractivity contribution in [1.82, 2.24) is 10.1 Å². The van der Waals surface area contributed by atoms with Gasteiger partial charge in [-0.15, -0.1) is 0 Å². The molecule has 0 spiro atoms. The second-order valence-electron chi connectivity index (χ2n) is 4.07. The summed E-state index contributed by atoms with van der Waals surface area (Å²) in [6.45, 7) is 0. The van der Waals surface area contributed by atoms with E-state index in [1.165, 1.54) is 12.1 Å². The molecule has 0 saturated carbocycles. The molecule has 2 heterocycles. The second kappa shape index (κ2) is 4.52. The van der Waals surface area contributed by atoms with Crippen molar-refractivity contribution < 1.29 is 17.7 Å². The Bertz CT molecular complexity index is 737. The van der Waals surface area contributed by atoms with Crippen LogP contribution in [0.15, 0.2) is 47.2 Å². The van der Waals surface area contributed by atoms with Gasteiger partial charge in [-0.25, -0.2) is 0 Å². The third-order valence-electron chi connectivity index (χ3n) is 2.75. The van der Waals surface area contributed by atoms with Gasteiger partial charge in [-0.2, -0.15) is 13.2 Å². The molecule has 0 aliphatic carbocycles. The van der Waals surface area contributed by atoms with E-state index < -0.39 is 11.7 Å². The van der Waals surface area contributed by atoms with Crippen molar-refractivity contribution in [2.75, 3.05) is 5.32 Å². The number of pyridine rings is 1. The average Bonchev–Trinajstić information content (AvgIpc) is 2.82. The van der Waals surface area contributed by atoms with Crippen LogP contribution in [0.25, 0.3) is 11.0 Å². The number of alkyl halides is 3. The van der Waals surface area contributed by atoms with Gasteiger partial charge in [0.1, 0.15) is 5.56 Å². The van der Waals surface area contributed by atoms with E-state index in [9.17, 15) is 13.2 Å². The molecule has 102 valence electrons. The van der Waals surface area contributed by atoms with E-state index in [2.05, 4.69) is 15.5 Å². The normalized spacial score (nSPS) is 11.8. The molecule has 3 aromatic rings. The van der Waals surface area contributed by atoms with E-state index in [-0.39, 0.29) is 16.8 Å². The first-order valence-corrected chi connectivity index (χ1v) is 5.68. The SMILES string of the molecule is FC(F)(F)c1cccc2c(Nc3ccncc3)noc12. The van der Waals surface area contributed by atoms with Crippen LogP contribution in [0, 0.1) is 0 Å². The first-order chi connectivity index (χ1) is 9.55. The smallest absolute Gasteiger partial charge is 0.353 e. The summed E-state index contributed by atoms with van der Waals surface area (Å²) in [5, 5.41) is 6.83. The molecule has 0 saturated heterocycles. The first kappa shape index (κ1) is 12.5. The molecule has 0 aliphatic heterocycles. The van der Waals surface area contributed by atoms with E-state index in [0.717, 1.165) is 6.07 Å². The Morgan fingerprint density at radius 2 is 1.80 bits per heavy atom. The lowest BCUT2D eigenvalue weighted by molar-refractivity contribution is -0.137. The summed E-state index contributed by atoms with van der Waals surface area (Å²) in [6.07, 6.45) is -1.36. The predicted molar refractivity (Wildman–Crippen MR) is 66.5 cm³/mol. The maximum absolute atomic E-state index is 12.8. The molecule has 1 aromatic carbocycles. The van der Waals surface area contributed by atoms with Gasteiger partial charge in [0.15, 0.2) is 11.4 Å². The molecule has 0 radical (unpaired) electrons. The molecule has 0 unspecified atom stereocenters. The zero-order valence-electron chi connectivity index (χ0n) is 9.98. The highest BCUT2D eigenvalue weighted by Gasteiger charge is 2.34. The topological polar surface area (TPSA) is 51.0 Å². The van der Waals surface area contributed by atoms with Gasteiger partial charge in [0.25, 0.3) is 0 Å². The minimum absolute atomic E-state index is 0.234. The summed E-state index contributed by atoms with van der Waals surface area (Å²) in [7, 11) is 0. The standard InChI is InChI=1S/C13H8F3N3O/c14-13(15,16)10-3-1-2-9-11(10)20-19-12(9)18-8-4-6-17-7-5-8/h1-7H,(H,17,18,19). The Morgan fingerprint density at radius 1 is 1.05 bits per heavy atom. The Kier molecular flexibility index (Phi) is 2.81. The highest BCUT2D eigenvalue weighted by atomic mass is 19.4. The molecule has 7 heteroatoms. The summed E-state index contributed by atoms with van der Waals surface area (Å²) in [5.74, 6) is 0.234. The molecule has 0 bridgehead atoms. The molecule has 0 fully saturated rings. The second-order valence-corrected chi connectivity index (χ2v) is 4.07. The predicted octanol–water partition coefficient (Wildman–Crippen LogP) is 3.99. The molecule has 0 aliphatic rings.